The largest absolute Gasteiger partial charge is 0.384 e. The van der Waals surface area contributed by atoms with E-state index in [1.54, 1.807) is 0 Å². The Labute approximate surface area is 244 Å². The maximum atomic E-state index is 10.00. The maximum absolute atomic E-state index is 10.00. The van der Waals surface area contributed by atoms with Gasteiger partial charge in [-0.25, -0.2) is 0 Å². The molecule has 0 saturated heterocycles. The zero-order valence-corrected chi connectivity index (χ0v) is 22.9. The summed E-state index contributed by atoms with van der Waals surface area (Å²) in [6.07, 6.45) is 0.863. The average molecular weight is 539 g/mol. The monoisotopic (exact) mass is 538 g/mol. The number of nitriles is 2. The molecule has 0 spiro atoms. The fraction of sp³-hybridized carbons (Fsp3) is 0.0526. The molecule has 7 rings (SSSR count). The van der Waals surface area contributed by atoms with Crippen LogP contribution in [-0.2, 0) is 6.42 Å². The summed E-state index contributed by atoms with van der Waals surface area (Å²) in [5.41, 5.74) is 6.49. The van der Waals surface area contributed by atoms with Crippen molar-refractivity contribution in [2.45, 2.75) is 6.42 Å². The Hall–Kier alpha value is -5.84. The summed E-state index contributed by atoms with van der Waals surface area (Å²) in [5, 5.41) is 29.9. The summed E-state index contributed by atoms with van der Waals surface area (Å²) in [6, 6.07) is 47.9. The molecule has 0 aliphatic carbocycles. The molecule has 0 aliphatic rings. The second-order valence-electron chi connectivity index (χ2n) is 10.4. The van der Waals surface area contributed by atoms with Crippen LogP contribution in [0, 0.1) is 22.7 Å². The first-order valence-electron chi connectivity index (χ1n) is 14.0. The van der Waals surface area contributed by atoms with E-state index in [2.05, 4.69) is 83.0 Å². The number of hydrogen-bond acceptors (Lipinski definition) is 4. The van der Waals surface area contributed by atoms with Crippen LogP contribution in [-0.4, -0.2) is 6.54 Å². The second kappa shape index (κ2) is 10.6. The average Bonchev–Trinajstić information content (AvgIpc) is 3.06. The molecule has 0 fully saturated rings. The van der Waals surface area contributed by atoms with E-state index in [-0.39, 0.29) is 0 Å². The lowest BCUT2D eigenvalue weighted by Crippen LogP contribution is -2.12. The fourth-order valence-electron chi connectivity index (χ4n) is 5.97. The van der Waals surface area contributed by atoms with Crippen molar-refractivity contribution in [2.75, 3.05) is 16.8 Å². The normalized spacial score (nSPS) is 11.0. The summed E-state index contributed by atoms with van der Waals surface area (Å²) in [6.45, 7) is 0.786. The molecule has 0 unspecified atom stereocenters. The zero-order chi connectivity index (χ0) is 28.5. The van der Waals surface area contributed by atoms with Crippen molar-refractivity contribution < 1.29 is 0 Å². The first-order valence-corrected chi connectivity index (χ1v) is 14.0. The van der Waals surface area contributed by atoms with E-state index in [0.29, 0.717) is 11.1 Å². The summed E-state index contributed by atoms with van der Waals surface area (Å²) >= 11 is 0. The standard InChI is InChI=1S/C38H26N4/c39-24-27-12-10-26(11-13-27)22-23-41-34-20-16-28-15-19-33-36(21-17-29-14-18-32(34)37(28)38(29)33)42(31-7-2-1-3-8-31)35-9-5-4-6-30(35)25-40/h1-21,41H,22-23H2. The molecule has 4 nitrogen and oxygen atoms in total. The minimum Gasteiger partial charge on any atom is -0.384 e. The van der Waals surface area contributed by atoms with Gasteiger partial charge in [-0.05, 0) is 82.1 Å². The minimum atomic E-state index is 0.626. The Bertz CT molecular complexity index is 2130. The van der Waals surface area contributed by atoms with Gasteiger partial charge in [0.1, 0.15) is 6.07 Å². The minimum absolute atomic E-state index is 0.626. The van der Waals surface area contributed by atoms with Gasteiger partial charge < -0.3 is 10.2 Å². The highest BCUT2D eigenvalue weighted by Crippen LogP contribution is 2.45. The SMILES string of the molecule is N#Cc1ccc(CCNc2ccc3ccc4c(N(c5ccccc5)c5ccccc5C#N)ccc5ccc2c3c54)cc1. The van der Waals surface area contributed by atoms with Crippen LogP contribution < -0.4 is 10.2 Å². The summed E-state index contributed by atoms with van der Waals surface area (Å²) in [5.74, 6) is 0. The Morgan fingerprint density at radius 2 is 1.24 bits per heavy atom. The quantitative estimate of drug-likeness (QED) is 0.205. The highest BCUT2D eigenvalue weighted by molar-refractivity contribution is 6.27. The van der Waals surface area contributed by atoms with Gasteiger partial charge in [0.05, 0.1) is 28.6 Å². The molecular weight excluding hydrogens is 512 g/mol. The molecule has 0 aliphatic heterocycles. The van der Waals surface area contributed by atoms with Crippen LogP contribution in [0.15, 0.2) is 127 Å². The Kier molecular flexibility index (Phi) is 6.36. The molecule has 7 aromatic carbocycles. The van der Waals surface area contributed by atoms with Gasteiger partial charge in [-0.2, -0.15) is 10.5 Å². The molecule has 0 aromatic heterocycles. The first kappa shape index (κ1) is 25.1. The molecule has 7 aromatic rings. The molecule has 0 atom stereocenters. The van der Waals surface area contributed by atoms with Crippen molar-refractivity contribution in [1.82, 2.24) is 0 Å². The predicted molar refractivity (Wildman–Crippen MR) is 173 cm³/mol. The molecule has 4 heteroatoms. The van der Waals surface area contributed by atoms with Gasteiger partial charge in [0.2, 0.25) is 0 Å². The van der Waals surface area contributed by atoms with Crippen molar-refractivity contribution in [2.24, 2.45) is 0 Å². The van der Waals surface area contributed by atoms with E-state index < -0.39 is 0 Å². The maximum Gasteiger partial charge on any atom is 0.101 e. The summed E-state index contributed by atoms with van der Waals surface area (Å²) < 4.78 is 0. The molecule has 0 radical (unpaired) electrons. The Balaban J connectivity index is 1.35. The van der Waals surface area contributed by atoms with Gasteiger partial charge in [-0.1, -0.05) is 78.9 Å². The van der Waals surface area contributed by atoms with Crippen LogP contribution in [0.5, 0.6) is 0 Å². The number of hydrogen-bond donors (Lipinski definition) is 1. The number of rotatable bonds is 7. The number of anilines is 4. The van der Waals surface area contributed by atoms with Crippen LogP contribution in [0.25, 0.3) is 32.3 Å². The van der Waals surface area contributed by atoms with Gasteiger partial charge in [0.25, 0.3) is 0 Å². The molecule has 1 N–H and O–H groups in total. The molecular formula is C38H26N4. The predicted octanol–water partition coefficient (Wildman–Crippen LogP) is 9.45. The van der Waals surface area contributed by atoms with Gasteiger partial charge in [-0.15, -0.1) is 0 Å². The van der Waals surface area contributed by atoms with Gasteiger partial charge in [0.15, 0.2) is 0 Å². The van der Waals surface area contributed by atoms with Crippen LogP contribution in [0.4, 0.5) is 22.7 Å². The first-order chi connectivity index (χ1) is 20.7. The number of nitrogens with zero attached hydrogens (tertiary/aromatic N) is 3. The lowest BCUT2D eigenvalue weighted by Gasteiger charge is -2.28. The van der Waals surface area contributed by atoms with Gasteiger partial charge >= 0.3 is 0 Å². The third-order valence-corrected chi connectivity index (χ3v) is 7.97. The van der Waals surface area contributed by atoms with Gasteiger partial charge in [-0.3, -0.25) is 0 Å². The summed E-state index contributed by atoms with van der Waals surface area (Å²) in [7, 11) is 0. The Morgan fingerprint density at radius 1 is 0.571 bits per heavy atom. The Morgan fingerprint density at radius 3 is 2.00 bits per heavy atom. The van der Waals surface area contributed by atoms with Crippen LogP contribution in [0.3, 0.4) is 0 Å². The van der Waals surface area contributed by atoms with Crippen LogP contribution >= 0.6 is 0 Å². The zero-order valence-electron chi connectivity index (χ0n) is 22.9. The van der Waals surface area contributed by atoms with E-state index in [1.165, 1.54) is 32.5 Å². The fourth-order valence-corrected chi connectivity index (χ4v) is 5.97. The molecule has 198 valence electrons. The third-order valence-electron chi connectivity index (χ3n) is 7.97. The number of nitrogens with one attached hydrogen (secondary N) is 1. The van der Waals surface area contributed by atoms with E-state index >= 15 is 0 Å². The molecule has 0 heterocycles. The number of para-hydroxylation sites is 2. The van der Waals surface area contributed by atoms with Gasteiger partial charge in [0, 0.05) is 28.7 Å². The van der Waals surface area contributed by atoms with Crippen molar-refractivity contribution in [3.63, 3.8) is 0 Å². The van der Waals surface area contributed by atoms with Crippen LogP contribution in [0.1, 0.15) is 16.7 Å². The molecule has 42 heavy (non-hydrogen) atoms. The molecule has 0 saturated carbocycles. The van der Waals surface area contributed by atoms with E-state index in [4.69, 9.17) is 5.26 Å². The second-order valence-corrected chi connectivity index (χ2v) is 10.4. The highest BCUT2D eigenvalue weighted by atomic mass is 15.1. The van der Waals surface area contributed by atoms with Crippen molar-refractivity contribution in [3.8, 4) is 12.1 Å². The number of benzene rings is 7. The molecule has 0 bridgehead atoms. The topological polar surface area (TPSA) is 62.9 Å². The van der Waals surface area contributed by atoms with Crippen LogP contribution in [0.2, 0.25) is 0 Å². The summed E-state index contributed by atoms with van der Waals surface area (Å²) in [4.78, 5) is 2.20. The van der Waals surface area contributed by atoms with E-state index in [1.807, 2.05) is 66.7 Å². The van der Waals surface area contributed by atoms with E-state index in [0.717, 1.165) is 41.1 Å². The third kappa shape index (κ3) is 4.33. The van der Waals surface area contributed by atoms with Crippen molar-refractivity contribution in [1.29, 1.82) is 10.5 Å². The lowest BCUT2D eigenvalue weighted by molar-refractivity contribution is 1.02. The van der Waals surface area contributed by atoms with Crippen molar-refractivity contribution >= 4 is 55.1 Å². The molecule has 0 amide bonds. The smallest absolute Gasteiger partial charge is 0.101 e. The van der Waals surface area contributed by atoms with E-state index in [9.17, 15) is 5.26 Å². The lowest BCUT2D eigenvalue weighted by atomic mass is 9.92. The highest BCUT2D eigenvalue weighted by Gasteiger charge is 2.20. The van der Waals surface area contributed by atoms with Crippen molar-refractivity contribution in [3.05, 3.63) is 144 Å².